The van der Waals surface area contributed by atoms with Gasteiger partial charge in [0.15, 0.2) is 0 Å². The van der Waals surface area contributed by atoms with Crippen LogP contribution in [-0.4, -0.2) is 27.1 Å². The Hall–Kier alpha value is -2.05. The Kier molecular flexibility index (Phi) is 5.87. The molecule has 1 aliphatic rings. The van der Waals surface area contributed by atoms with E-state index in [0.717, 1.165) is 61.1 Å². The summed E-state index contributed by atoms with van der Waals surface area (Å²) in [5.74, 6) is 0.580. The molecule has 0 radical (unpaired) electrons. The van der Waals surface area contributed by atoms with Gasteiger partial charge in [0.25, 0.3) is 5.56 Å². The molecule has 1 atom stereocenters. The van der Waals surface area contributed by atoms with E-state index in [2.05, 4.69) is 35.2 Å². The van der Waals surface area contributed by atoms with Gasteiger partial charge in [0, 0.05) is 42.3 Å². The fourth-order valence-corrected chi connectivity index (χ4v) is 5.14. The van der Waals surface area contributed by atoms with Gasteiger partial charge >= 0.3 is 0 Å². The van der Waals surface area contributed by atoms with Crippen LogP contribution in [0, 0.1) is 5.92 Å². The molecule has 5 nitrogen and oxygen atoms in total. The second kappa shape index (κ2) is 8.53. The van der Waals surface area contributed by atoms with Crippen molar-refractivity contribution in [3.63, 3.8) is 0 Å². The molecule has 3 heterocycles. The molecule has 0 spiro atoms. The fraction of sp³-hybridized carbons (Fsp3) is 0.500. The third kappa shape index (κ3) is 4.18. The number of fused-ring (bicyclic) bond motifs is 3. The van der Waals surface area contributed by atoms with Crippen LogP contribution in [0.15, 0.2) is 35.5 Å². The lowest BCUT2D eigenvalue weighted by molar-refractivity contribution is 0.465. The predicted molar refractivity (Wildman–Crippen MR) is 115 cm³/mol. The van der Waals surface area contributed by atoms with Crippen LogP contribution in [0.5, 0.6) is 0 Å². The SMILES string of the molecule is CC(C)CCn1cnc2sc3c(c2c1=O)CC[C@@H](NCCc1ccccn1)C3. The van der Waals surface area contributed by atoms with Gasteiger partial charge in [-0.15, -0.1) is 11.3 Å². The molecule has 1 N–H and O–H groups in total. The Labute approximate surface area is 169 Å². The van der Waals surface area contributed by atoms with Gasteiger partial charge in [0.2, 0.25) is 0 Å². The van der Waals surface area contributed by atoms with Gasteiger partial charge < -0.3 is 5.32 Å². The monoisotopic (exact) mass is 396 g/mol. The maximum absolute atomic E-state index is 13.0. The topological polar surface area (TPSA) is 59.8 Å². The first-order valence-electron chi connectivity index (χ1n) is 10.2. The van der Waals surface area contributed by atoms with Crippen LogP contribution in [0.3, 0.4) is 0 Å². The second-order valence-corrected chi connectivity index (χ2v) is 9.16. The highest BCUT2D eigenvalue weighted by Crippen LogP contribution is 2.33. The molecule has 4 rings (SSSR count). The van der Waals surface area contributed by atoms with Crippen molar-refractivity contribution in [2.75, 3.05) is 6.54 Å². The molecule has 0 amide bonds. The van der Waals surface area contributed by atoms with Crippen LogP contribution >= 0.6 is 11.3 Å². The third-order valence-electron chi connectivity index (χ3n) is 5.52. The first kappa shape index (κ1) is 19.3. The van der Waals surface area contributed by atoms with Crippen molar-refractivity contribution in [3.8, 4) is 0 Å². The fourth-order valence-electron chi connectivity index (χ4n) is 3.88. The summed E-state index contributed by atoms with van der Waals surface area (Å²) in [6.45, 7) is 6.05. The molecular formula is C22H28N4OS. The molecular weight excluding hydrogens is 368 g/mol. The zero-order chi connectivity index (χ0) is 19.5. The summed E-state index contributed by atoms with van der Waals surface area (Å²) in [5.41, 5.74) is 2.52. The number of pyridine rings is 1. The van der Waals surface area contributed by atoms with Crippen LogP contribution in [0.4, 0.5) is 0 Å². The van der Waals surface area contributed by atoms with Gasteiger partial charge in [-0.05, 0) is 49.3 Å². The first-order chi connectivity index (χ1) is 13.6. The zero-order valence-electron chi connectivity index (χ0n) is 16.6. The van der Waals surface area contributed by atoms with Gasteiger partial charge in [-0.25, -0.2) is 4.98 Å². The highest BCUT2D eigenvalue weighted by atomic mass is 32.1. The summed E-state index contributed by atoms with van der Waals surface area (Å²) >= 11 is 1.70. The van der Waals surface area contributed by atoms with Crippen molar-refractivity contribution >= 4 is 21.6 Å². The molecule has 6 heteroatoms. The van der Waals surface area contributed by atoms with Crippen LogP contribution < -0.4 is 10.9 Å². The average Bonchev–Trinajstić information content (AvgIpc) is 3.06. The Balaban J connectivity index is 1.45. The molecule has 0 saturated carbocycles. The molecule has 0 fully saturated rings. The number of hydrogen-bond donors (Lipinski definition) is 1. The van der Waals surface area contributed by atoms with E-state index in [1.54, 1.807) is 22.2 Å². The van der Waals surface area contributed by atoms with Crippen LogP contribution in [0.2, 0.25) is 0 Å². The van der Waals surface area contributed by atoms with Crippen molar-refractivity contribution in [1.82, 2.24) is 19.9 Å². The molecule has 1 aliphatic carbocycles. The van der Waals surface area contributed by atoms with Gasteiger partial charge in [0.05, 0.1) is 11.7 Å². The number of nitrogens with one attached hydrogen (secondary N) is 1. The van der Waals surface area contributed by atoms with Gasteiger partial charge in [-0.2, -0.15) is 0 Å². The number of rotatable bonds is 7. The van der Waals surface area contributed by atoms with Crippen LogP contribution in [-0.2, 0) is 25.8 Å². The maximum Gasteiger partial charge on any atom is 0.262 e. The predicted octanol–water partition coefficient (Wildman–Crippen LogP) is 3.59. The van der Waals surface area contributed by atoms with E-state index in [9.17, 15) is 4.79 Å². The van der Waals surface area contributed by atoms with E-state index >= 15 is 0 Å². The van der Waals surface area contributed by atoms with E-state index in [1.807, 2.05) is 18.3 Å². The molecule has 148 valence electrons. The lowest BCUT2D eigenvalue weighted by Crippen LogP contribution is -2.35. The summed E-state index contributed by atoms with van der Waals surface area (Å²) < 4.78 is 1.80. The van der Waals surface area contributed by atoms with Crippen LogP contribution in [0.25, 0.3) is 10.2 Å². The maximum atomic E-state index is 13.0. The molecule has 0 aromatic carbocycles. The largest absolute Gasteiger partial charge is 0.313 e. The highest BCUT2D eigenvalue weighted by molar-refractivity contribution is 7.18. The number of nitrogens with zero attached hydrogens (tertiary/aromatic N) is 3. The third-order valence-corrected chi connectivity index (χ3v) is 6.69. The van der Waals surface area contributed by atoms with Crippen molar-refractivity contribution in [2.24, 2.45) is 5.92 Å². The standard InChI is InChI=1S/C22H28N4OS/c1-15(2)9-12-26-14-25-21-20(22(26)27)18-7-6-17(13-19(18)28-21)24-11-8-16-5-3-4-10-23-16/h3-5,10,14-15,17,24H,6-9,11-13H2,1-2H3/t17-/m1/s1. The molecule has 28 heavy (non-hydrogen) atoms. The van der Waals surface area contributed by atoms with Gasteiger partial charge in [0.1, 0.15) is 4.83 Å². The van der Waals surface area contributed by atoms with Crippen LogP contribution in [0.1, 0.15) is 42.8 Å². The number of thiophene rings is 1. The van der Waals surface area contributed by atoms with Crippen molar-refractivity contribution in [3.05, 3.63) is 57.2 Å². The Bertz CT molecular complexity index is 993. The Morgan fingerprint density at radius 1 is 1.32 bits per heavy atom. The summed E-state index contributed by atoms with van der Waals surface area (Å²) in [6, 6.07) is 6.52. The average molecular weight is 397 g/mol. The molecule has 0 bridgehead atoms. The highest BCUT2D eigenvalue weighted by Gasteiger charge is 2.25. The molecule has 3 aromatic heterocycles. The van der Waals surface area contributed by atoms with E-state index < -0.39 is 0 Å². The summed E-state index contributed by atoms with van der Waals surface area (Å²) in [5, 5.41) is 4.55. The van der Waals surface area contributed by atoms with Crippen molar-refractivity contribution in [2.45, 2.75) is 58.5 Å². The lowest BCUT2D eigenvalue weighted by atomic mass is 9.93. The number of aromatic nitrogens is 3. The summed E-state index contributed by atoms with van der Waals surface area (Å²) in [4.78, 5) is 24.2. The number of aryl methyl sites for hydroxylation is 2. The molecule has 0 aliphatic heterocycles. The second-order valence-electron chi connectivity index (χ2n) is 8.07. The quantitative estimate of drug-likeness (QED) is 0.663. The van der Waals surface area contributed by atoms with Crippen molar-refractivity contribution < 1.29 is 0 Å². The Morgan fingerprint density at radius 3 is 3.00 bits per heavy atom. The molecule has 0 unspecified atom stereocenters. The normalized spacial score (nSPS) is 16.6. The summed E-state index contributed by atoms with van der Waals surface area (Å²) in [7, 11) is 0. The zero-order valence-corrected chi connectivity index (χ0v) is 17.5. The van der Waals surface area contributed by atoms with Gasteiger partial charge in [-0.3, -0.25) is 14.3 Å². The minimum atomic E-state index is 0.143. The van der Waals surface area contributed by atoms with E-state index in [1.165, 1.54) is 10.4 Å². The van der Waals surface area contributed by atoms with E-state index in [0.29, 0.717) is 12.0 Å². The Morgan fingerprint density at radius 2 is 2.21 bits per heavy atom. The first-order valence-corrected chi connectivity index (χ1v) is 11.1. The molecule has 3 aromatic rings. The summed E-state index contributed by atoms with van der Waals surface area (Å²) in [6.07, 6.45) is 8.55. The minimum Gasteiger partial charge on any atom is -0.313 e. The van der Waals surface area contributed by atoms with Crippen molar-refractivity contribution in [1.29, 1.82) is 0 Å². The number of hydrogen-bond acceptors (Lipinski definition) is 5. The van der Waals surface area contributed by atoms with E-state index in [4.69, 9.17) is 0 Å². The smallest absolute Gasteiger partial charge is 0.262 e. The van der Waals surface area contributed by atoms with E-state index in [-0.39, 0.29) is 5.56 Å². The van der Waals surface area contributed by atoms with Gasteiger partial charge in [-0.1, -0.05) is 19.9 Å². The lowest BCUT2D eigenvalue weighted by Gasteiger charge is -2.23. The minimum absolute atomic E-state index is 0.143. The molecule has 0 saturated heterocycles.